The molecule has 0 saturated carbocycles. The lowest BCUT2D eigenvalue weighted by Gasteiger charge is -2.06. The van der Waals surface area contributed by atoms with E-state index in [1.165, 1.54) is 6.07 Å². The second-order valence-electron chi connectivity index (χ2n) is 4.45. The van der Waals surface area contributed by atoms with Gasteiger partial charge in [-0.3, -0.25) is 5.10 Å². The Bertz CT molecular complexity index is 748. The third-order valence-corrected chi connectivity index (χ3v) is 2.98. The van der Waals surface area contributed by atoms with Crippen molar-refractivity contribution in [2.45, 2.75) is 6.18 Å². The quantitative estimate of drug-likeness (QED) is 0.769. The fourth-order valence-electron chi connectivity index (χ4n) is 1.95. The van der Waals surface area contributed by atoms with Crippen molar-refractivity contribution in [2.24, 2.45) is 0 Å². The molecule has 0 bridgehead atoms. The molecule has 3 rings (SSSR count). The first-order valence-electron chi connectivity index (χ1n) is 6.19. The Hall–Kier alpha value is -2.63. The Labute approximate surface area is 118 Å². The van der Waals surface area contributed by atoms with Crippen LogP contribution in [-0.4, -0.2) is 15.2 Å². The summed E-state index contributed by atoms with van der Waals surface area (Å²) in [7, 11) is 0. The van der Waals surface area contributed by atoms with E-state index in [9.17, 15) is 13.2 Å². The fraction of sp³-hybridized carbons (Fsp3) is 0.0667. The lowest BCUT2D eigenvalue weighted by Crippen LogP contribution is -2.04. The van der Waals surface area contributed by atoms with Crippen LogP contribution in [0.1, 0.15) is 5.56 Å². The van der Waals surface area contributed by atoms with Crippen LogP contribution in [0.25, 0.3) is 22.8 Å². The van der Waals surface area contributed by atoms with Crippen LogP contribution in [0.3, 0.4) is 0 Å². The maximum absolute atomic E-state index is 12.7. The van der Waals surface area contributed by atoms with Crippen LogP contribution in [0.15, 0.2) is 54.6 Å². The van der Waals surface area contributed by atoms with Gasteiger partial charge in [0.25, 0.3) is 0 Å². The Balaban J connectivity index is 1.97. The van der Waals surface area contributed by atoms with Gasteiger partial charge in [0.05, 0.1) is 5.56 Å². The van der Waals surface area contributed by atoms with E-state index in [1.54, 1.807) is 6.07 Å². The molecule has 1 N–H and O–H groups in total. The number of nitrogens with zero attached hydrogens (tertiary/aromatic N) is 2. The van der Waals surface area contributed by atoms with Crippen molar-refractivity contribution >= 4 is 0 Å². The first-order chi connectivity index (χ1) is 10.0. The molecule has 0 aliphatic heterocycles. The lowest BCUT2D eigenvalue weighted by molar-refractivity contribution is -0.137. The molecule has 3 aromatic rings. The zero-order chi connectivity index (χ0) is 14.9. The van der Waals surface area contributed by atoms with Crippen LogP contribution < -0.4 is 0 Å². The lowest BCUT2D eigenvalue weighted by atomic mass is 10.1. The third-order valence-electron chi connectivity index (χ3n) is 2.98. The summed E-state index contributed by atoms with van der Waals surface area (Å²) < 4.78 is 38.1. The minimum atomic E-state index is -4.38. The molecule has 1 heterocycles. The highest BCUT2D eigenvalue weighted by Gasteiger charge is 2.30. The molecule has 21 heavy (non-hydrogen) atoms. The second-order valence-corrected chi connectivity index (χ2v) is 4.45. The van der Waals surface area contributed by atoms with Crippen LogP contribution in [-0.2, 0) is 6.18 Å². The number of hydrogen-bond acceptors (Lipinski definition) is 2. The number of benzene rings is 2. The van der Waals surface area contributed by atoms with Crippen LogP contribution >= 0.6 is 0 Å². The fourth-order valence-corrected chi connectivity index (χ4v) is 1.95. The Morgan fingerprint density at radius 1 is 0.857 bits per heavy atom. The molecule has 0 amide bonds. The summed E-state index contributed by atoms with van der Waals surface area (Å²) in [5.74, 6) is 0.753. The molecule has 1 aromatic heterocycles. The van der Waals surface area contributed by atoms with Crippen molar-refractivity contribution in [3.8, 4) is 22.8 Å². The standard InChI is InChI=1S/C15H10F3N3/c16-15(17,18)12-8-4-7-11(9-12)14-19-13(20-21-14)10-5-2-1-3-6-10/h1-9H,(H,19,20,21). The summed E-state index contributed by atoms with van der Waals surface area (Å²) in [6, 6.07) is 14.2. The molecular formula is C15H10F3N3. The van der Waals surface area contributed by atoms with Crippen molar-refractivity contribution in [3.05, 3.63) is 60.2 Å². The predicted octanol–water partition coefficient (Wildman–Crippen LogP) is 4.16. The number of H-pyrrole nitrogens is 1. The minimum Gasteiger partial charge on any atom is -0.259 e. The third kappa shape index (κ3) is 2.79. The molecular weight excluding hydrogens is 279 g/mol. The van der Waals surface area contributed by atoms with Gasteiger partial charge < -0.3 is 0 Å². The van der Waals surface area contributed by atoms with Crippen LogP contribution in [0, 0.1) is 0 Å². The van der Waals surface area contributed by atoms with Gasteiger partial charge in [0.15, 0.2) is 11.6 Å². The summed E-state index contributed by atoms with van der Waals surface area (Å²) in [5, 5.41) is 6.72. The van der Waals surface area contributed by atoms with Crippen LogP contribution in [0.5, 0.6) is 0 Å². The Morgan fingerprint density at radius 3 is 2.29 bits per heavy atom. The second kappa shape index (κ2) is 5.05. The summed E-state index contributed by atoms with van der Waals surface area (Å²) in [4.78, 5) is 4.24. The number of rotatable bonds is 2. The average Bonchev–Trinajstić information content (AvgIpc) is 2.97. The van der Waals surface area contributed by atoms with Gasteiger partial charge in [0.1, 0.15) is 0 Å². The topological polar surface area (TPSA) is 41.6 Å². The van der Waals surface area contributed by atoms with Gasteiger partial charge in [0.2, 0.25) is 0 Å². The van der Waals surface area contributed by atoms with Crippen molar-refractivity contribution in [1.29, 1.82) is 0 Å². The maximum Gasteiger partial charge on any atom is 0.416 e. The van der Waals surface area contributed by atoms with Crippen molar-refractivity contribution in [1.82, 2.24) is 15.2 Å². The van der Waals surface area contributed by atoms with Crippen molar-refractivity contribution in [3.63, 3.8) is 0 Å². The van der Waals surface area contributed by atoms with E-state index in [-0.39, 0.29) is 5.82 Å². The number of aromatic amines is 1. The number of hydrogen-bond donors (Lipinski definition) is 1. The highest BCUT2D eigenvalue weighted by molar-refractivity contribution is 5.61. The molecule has 106 valence electrons. The van der Waals surface area contributed by atoms with E-state index in [0.29, 0.717) is 11.4 Å². The van der Waals surface area contributed by atoms with Gasteiger partial charge in [-0.1, -0.05) is 42.5 Å². The molecule has 0 aliphatic rings. The molecule has 3 nitrogen and oxygen atoms in total. The minimum absolute atomic E-state index is 0.236. The normalized spacial score (nSPS) is 11.6. The SMILES string of the molecule is FC(F)(F)c1cccc(-c2n[nH]c(-c3ccccc3)n2)c1. The number of halogens is 3. The van der Waals surface area contributed by atoms with Crippen molar-refractivity contribution < 1.29 is 13.2 Å². The maximum atomic E-state index is 12.7. The van der Waals surface area contributed by atoms with E-state index in [0.717, 1.165) is 17.7 Å². The van der Waals surface area contributed by atoms with Gasteiger partial charge in [-0.25, -0.2) is 4.98 Å². The highest BCUT2D eigenvalue weighted by Crippen LogP contribution is 2.31. The first-order valence-corrected chi connectivity index (χ1v) is 6.19. The average molecular weight is 289 g/mol. The highest BCUT2D eigenvalue weighted by atomic mass is 19.4. The van der Waals surface area contributed by atoms with E-state index >= 15 is 0 Å². The summed E-state index contributed by atoms with van der Waals surface area (Å²) in [6.45, 7) is 0. The van der Waals surface area contributed by atoms with Gasteiger partial charge in [-0.15, -0.1) is 0 Å². The molecule has 0 atom stereocenters. The molecule has 0 aliphatic carbocycles. The van der Waals surface area contributed by atoms with Gasteiger partial charge in [0, 0.05) is 11.1 Å². The number of alkyl halides is 3. The summed E-state index contributed by atoms with van der Waals surface area (Å²) in [5.41, 5.74) is 0.428. The Morgan fingerprint density at radius 2 is 1.57 bits per heavy atom. The molecule has 0 spiro atoms. The number of aromatic nitrogens is 3. The molecule has 0 fully saturated rings. The van der Waals surface area contributed by atoms with Crippen LogP contribution in [0.4, 0.5) is 13.2 Å². The summed E-state index contributed by atoms with van der Waals surface area (Å²) in [6.07, 6.45) is -4.38. The van der Waals surface area contributed by atoms with Crippen LogP contribution in [0.2, 0.25) is 0 Å². The zero-order valence-corrected chi connectivity index (χ0v) is 10.7. The van der Waals surface area contributed by atoms with Gasteiger partial charge >= 0.3 is 6.18 Å². The van der Waals surface area contributed by atoms with E-state index < -0.39 is 11.7 Å². The van der Waals surface area contributed by atoms with E-state index in [4.69, 9.17) is 0 Å². The smallest absolute Gasteiger partial charge is 0.259 e. The van der Waals surface area contributed by atoms with E-state index in [1.807, 2.05) is 30.3 Å². The molecule has 0 radical (unpaired) electrons. The molecule has 2 aromatic carbocycles. The summed E-state index contributed by atoms with van der Waals surface area (Å²) >= 11 is 0. The van der Waals surface area contributed by atoms with Gasteiger partial charge in [-0.2, -0.15) is 18.3 Å². The van der Waals surface area contributed by atoms with Crippen molar-refractivity contribution in [2.75, 3.05) is 0 Å². The monoisotopic (exact) mass is 289 g/mol. The van der Waals surface area contributed by atoms with Gasteiger partial charge in [-0.05, 0) is 12.1 Å². The zero-order valence-electron chi connectivity index (χ0n) is 10.7. The Kier molecular flexibility index (Phi) is 3.21. The number of nitrogens with one attached hydrogen (secondary N) is 1. The first kappa shape index (κ1) is 13.4. The largest absolute Gasteiger partial charge is 0.416 e. The molecule has 6 heteroatoms. The van der Waals surface area contributed by atoms with E-state index in [2.05, 4.69) is 15.2 Å². The molecule has 0 saturated heterocycles. The molecule has 0 unspecified atom stereocenters. The predicted molar refractivity (Wildman–Crippen MR) is 72.3 cm³/mol.